The minimum Gasteiger partial charge on any atom is -0.462 e. The molecule has 6 saturated carbocycles. The Balaban J connectivity index is 1.50. The lowest BCUT2D eigenvalue weighted by molar-refractivity contribution is -0.380. The first-order valence-electron chi connectivity index (χ1n) is 11.8. The second kappa shape index (κ2) is 4.94. The lowest BCUT2D eigenvalue weighted by Gasteiger charge is -2.75. The standard InChI is InChI=1S/C24H33NO4/c1-5-25-19-14-10-15-22(4)8-7-16(29-21(22)25)24(15,19)18-17(28-12(3)26)13-6-9-23(14,18)20(27)11(13)2/h13-21,27H,2,5-10H2,1,3-4H3/t13-,14?,15-,16+,17+,18-,19?,20-,21?,22-,23+,24-/m1/s1. The number of hydrogen-bond donors (Lipinski definition) is 1. The van der Waals surface area contributed by atoms with Crippen molar-refractivity contribution >= 4 is 5.97 Å². The van der Waals surface area contributed by atoms with Gasteiger partial charge >= 0.3 is 5.97 Å². The molecule has 0 aromatic heterocycles. The number of fused-ring (bicyclic) bond motifs is 3. The quantitative estimate of drug-likeness (QED) is 0.572. The zero-order valence-corrected chi connectivity index (χ0v) is 17.8. The molecule has 4 aliphatic heterocycles. The molecule has 5 heteroatoms. The van der Waals surface area contributed by atoms with Crippen molar-refractivity contribution in [2.45, 2.75) is 83.5 Å². The second-order valence-corrected chi connectivity index (χ2v) is 11.5. The fraction of sp³-hybridized carbons (Fsp3) is 0.875. The molecular formula is C24H33NO4. The summed E-state index contributed by atoms with van der Waals surface area (Å²) in [6, 6.07) is 0.456. The van der Waals surface area contributed by atoms with Crippen molar-refractivity contribution in [1.29, 1.82) is 0 Å². The van der Waals surface area contributed by atoms with E-state index in [1.54, 1.807) is 6.92 Å². The third-order valence-corrected chi connectivity index (χ3v) is 11.2. The van der Waals surface area contributed by atoms with Crippen molar-refractivity contribution < 1.29 is 19.4 Å². The monoisotopic (exact) mass is 399 g/mol. The van der Waals surface area contributed by atoms with Gasteiger partial charge in [-0.3, -0.25) is 9.69 Å². The van der Waals surface area contributed by atoms with Crippen molar-refractivity contribution in [3.05, 3.63) is 12.2 Å². The normalized spacial score (nSPS) is 63.3. The van der Waals surface area contributed by atoms with E-state index in [1.807, 2.05) is 0 Å². The van der Waals surface area contributed by atoms with Gasteiger partial charge in [-0.25, -0.2) is 0 Å². The van der Waals surface area contributed by atoms with Crippen LogP contribution in [0.3, 0.4) is 0 Å². The Hall–Kier alpha value is -0.910. The predicted molar refractivity (Wildman–Crippen MR) is 106 cm³/mol. The number of nitrogens with zero attached hydrogens (tertiary/aromatic N) is 1. The maximum Gasteiger partial charge on any atom is 0.302 e. The van der Waals surface area contributed by atoms with Gasteiger partial charge < -0.3 is 14.6 Å². The molecule has 0 aromatic carbocycles. The average Bonchev–Trinajstić information content (AvgIpc) is 3.15. The molecule has 4 saturated heterocycles. The summed E-state index contributed by atoms with van der Waals surface area (Å²) in [5.74, 6) is 1.18. The van der Waals surface area contributed by atoms with E-state index < -0.39 is 6.10 Å². The summed E-state index contributed by atoms with van der Waals surface area (Å²) < 4.78 is 13.0. The third-order valence-electron chi connectivity index (χ3n) is 11.2. The van der Waals surface area contributed by atoms with Gasteiger partial charge in [0.1, 0.15) is 12.3 Å². The first kappa shape index (κ1) is 17.7. The maximum atomic E-state index is 12.2. The lowest BCUT2D eigenvalue weighted by atomic mass is 9.37. The van der Waals surface area contributed by atoms with Gasteiger partial charge in [0.25, 0.3) is 0 Å². The molecule has 10 aliphatic rings. The number of aliphatic hydroxyl groups excluding tert-OH is 1. The maximum absolute atomic E-state index is 12.2. The Morgan fingerprint density at radius 2 is 2.17 bits per heavy atom. The molecule has 2 spiro atoms. The van der Waals surface area contributed by atoms with Gasteiger partial charge in [0.05, 0.1) is 12.2 Å². The molecule has 0 radical (unpaired) electrons. The Bertz CT molecular complexity index is 843. The van der Waals surface area contributed by atoms with Crippen LogP contribution in [-0.4, -0.2) is 53.1 Å². The summed E-state index contributed by atoms with van der Waals surface area (Å²) in [4.78, 5) is 14.9. The van der Waals surface area contributed by atoms with Gasteiger partial charge in [-0.15, -0.1) is 0 Å². The summed E-state index contributed by atoms with van der Waals surface area (Å²) in [6.07, 6.45) is 5.45. The largest absolute Gasteiger partial charge is 0.462 e. The summed E-state index contributed by atoms with van der Waals surface area (Å²) >= 11 is 0. The number of hydrogen-bond acceptors (Lipinski definition) is 5. The van der Waals surface area contributed by atoms with Crippen molar-refractivity contribution in [2.75, 3.05) is 6.54 Å². The first-order chi connectivity index (χ1) is 13.8. The second-order valence-electron chi connectivity index (χ2n) is 11.5. The first-order valence-corrected chi connectivity index (χ1v) is 11.8. The van der Waals surface area contributed by atoms with Crippen LogP contribution < -0.4 is 0 Å². The van der Waals surface area contributed by atoms with Crippen molar-refractivity contribution in [3.8, 4) is 0 Å². The van der Waals surface area contributed by atoms with Gasteiger partial charge in [-0.05, 0) is 56.1 Å². The van der Waals surface area contributed by atoms with E-state index >= 15 is 0 Å². The molecule has 0 amide bonds. The SMILES string of the molecule is C=C1[C@H]2CC[C@@]3(C4C[C@H]5[C@]6(C4N(CC)C4O[C@H]6CC[C@@]45C)[C@@H]3[C@H]2OC(C)=O)[C@@H]1O. The molecular weight excluding hydrogens is 366 g/mol. The molecule has 10 fully saturated rings. The van der Waals surface area contributed by atoms with Crippen LogP contribution in [0.4, 0.5) is 0 Å². The highest BCUT2D eigenvalue weighted by atomic mass is 16.5. The number of carbonyl (C=O) groups is 1. The summed E-state index contributed by atoms with van der Waals surface area (Å²) in [5.41, 5.74) is 0.923. The lowest BCUT2D eigenvalue weighted by Crippen LogP contribution is -2.80. The van der Waals surface area contributed by atoms with Crippen LogP contribution in [0.25, 0.3) is 0 Å². The molecule has 9 bridgehead atoms. The van der Waals surface area contributed by atoms with Crippen LogP contribution in [0.1, 0.15) is 52.9 Å². The molecule has 29 heavy (non-hydrogen) atoms. The molecule has 4 heterocycles. The van der Waals surface area contributed by atoms with Crippen LogP contribution >= 0.6 is 0 Å². The van der Waals surface area contributed by atoms with E-state index in [0.29, 0.717) is 17.9 Å². The predicted octanol–water partition coefficient (Wildman–Crippen LogP) is 2.73. The van der Waals surface area contributed by atoms with E-state index in [2.05, 4.69) is 25.3 Å². The Kier molecular flexibility index (Phi) is 3.02. The highest BCUT2D eigenvalue weighted by Crippen LogP contribution is 2.86. The smallest absolute Gasteiger partial charge is 0.302 e. The number of piperidine rings is 1. The van der Waals surface area contributed by atoms with E-state index in [1.165, 1.54) is 12.8 Å². The fourth-order valence-electron chi connectivity index (χ4n) is 10.9. The summed E-state index contributed by atoms with van der Waals surface area (Å²) in [7, 11) is 0. The molecule has 12 atom stereocenters. The third kappa shape index (κ3) is 1.49. The fourth-order valence-corrected chi connectivity index (χ4v) is 10.9. The number of rotatable bonds is 2. The Morgan fingerprint density at radius 3 is 2.90 bits per heavy atom. The summed E-state index contributed by atoms with van der Waals surface area (Å²) in [5, 5.41) is 11.6. The minimum absolute atomic E-state index is 0.0168. The highest BCUT2D eigenvalue weighted by Gasteiger charge is 2.90. The Labute approximate surface area is 172 Å². The van der Waals surface area contributed by atoms with Gasteiger partial charge in [0.15, 0.2) is 0 Å². The van der Waals surface area contributed by atoms with Crippen molar-refractivity contribution in [2.24, 2.45) is 39.9 Å². The van der Waals surface area contributed by atoms with Crippen molar-refractivity contribution in [1.82, 2.24) is 4.90 Å². The van der Waals surface area contributed by atoms with Crippen molar-refractivity contribution in [3.63, 3.8) is 0 Å². The van der Waals surface area contributed by atoms with Gasteiger partial charge in [-0.2, -0.15) is 0 Å². The van der Waals surface area contributed by atoms with Gasteiger partial charge in [0.2, 0.25) is 0 Å². The Morgan fingerprint density at radius 1 is 1.38 bits per heavy atom. The topological polar surface area (TPSA) is 59.0 Å². The van der Waals surface area contributed by atoms with Gasteiger partial charge in [-0.1, -0.05) is 20.4 Å². The highest BCUT2D eigenvalue weighted by molar-refractivity contribution is 5.66. The number of carbonyl (C=O) groups excluding carboxylic acids is 1. The van der Waals surface area contributed by atoms with E-state index in [-0.39, 0.29) is 52.5 Å². The van der Waals surface area contributed by atoms with Crippen LogP contribution in [0.5, 0.6) is 0 Å². The molecule has 1 N–H and O–H groups in total. The zero-order chi connectivity index (χ0) is 20.1. The summed E-state index contributed by atoms with van der Waals surface area (Å²) in [6.45, 7) is 11.6. The molecule has 6 aliphatic carbocycles. The average molecular weight is 400 g/mol. The van der Waals surface area contributed by atoms with E-state index in [4.69, 9.17) is 9.47 Å². The van der Waals surface area contributed by atoms with Gasteiger partial charge in [0, 0.05) is 41.0 Å². The molecule has 10 rings (SSSR count). The zero-order valence-electron chi connectivity index (χ0n) is 17.8. The number of aliphatic hydroxyl groups is 1. The van der Waals surface area contributed by atoms with Crippen LogP contribution in [-0.2, 0) is 14.3 Å². The van der Waals surface area contributed by atoms with Crippen LogP contribution in [0.15, 0.2) is 12.2 Å². The molecule has 0 aromatic rings. The minimum atomic E-state index is -0.465. The molecule has 158 valence electrons. The van der Waals surface area contributed by atoms with E-state index in [9.17, 15) is 9.90 Å². The van der Waals surface area contributed by atoms with Crippen LogP contribution in [0, 0.1) is 39.9 Å². The number of ether oxygens (including phenoxy) is 2. The number of esters is 1. The van der Waals surface area contributed by atoms with Crippen LogP contribution in [0.2, 0.25) is 0 Å². The molecule has 5 nitrogen and oxygen atoms in total. The van der Waals surface area contributed by atoms with E-state index in [0.717, 1.165) is 31.4 Å². The molecule has 3 unspecified atom stereocenters.